The molecule has 2 aromatic rings. The van der Waals surface area contributed by atoms with Crippen molar-refractivity contribution in [2.45, 2.75) is 13.8 Å². The number of aryl methyl sites for hydroxylation is 1. The quantitative estimate of drug-likeness (QED) is 0.308. The molecule has 0 heterocycles. The Kier molecular flexibility index (Phi) is 4.72. The first kappa shape index (κ1) is 14.8. The minimum atomic E-state index is -0.365. The molecular formula is C17H18NO3+. The molecular weight excluding hydrogens is 266 g/mol. The topological polar surface area (TPSA) is 49.5 Å². The number of esters is 1. The summed E-state index contributed by atoms with van der Waals surface area (Å²) in [5, 5.41) is 10.0. The molecule has 4 nitrogen and oxygen atoms in total. The maximum absolute atomic E-state index is 11.5. The van der Waals surface area contributed by atoms with Crippen LogP contribution in [0.2, 0.25) is 0 Å². The molecule has 0 unspecified atom stereocenters. The Morgan fingerprint density at radius 1 is 1.14 bits per heavy atom. The van der Waals surface area contributed by atoms with Crippen LogP contribution in [0.25, 0.3) is 0 Å². The molecule has 0 saturated carbocycles. The number of benzene rings is 2. The number of nitrogens with zero attached hydrogens (tertiary/aromatic N) is 1. The maximum Gasteiger partial charge on any atom is 0.338 e. The normalized spacial score (nSPS) is 11.2. The summed E-state index contributed by atoms with van der Waals surface area (Å²) in [7, 11) is 0. The van der Waals surface area contributed by atoms with Crippen molar-refractivity contribution in [1.82, 2.24) is 0 Å². The number of carbonyl (C=O) groups excluding carboxylic acids is 1. The number of rotatable bonds is 4. The van der Waals surface area contributed by atoms with E-state index in [1.54, 1.807) is 37.4 Å². The summed E-state index contributed by atoms with van der Waals surface area (Å²) in [6.45, 7) is 4.11. The van der Waals surface area contributed by atoms with Gasteiger partial charge >= 0.3 is 5.97 Å². The van der Waals surface area contributed by atoms with Crippen molar-refractivity contribution in [2.75, 3.05) is 6.61 Å². The molecule has 4 heteroatoms. The first-order valence-electron chi connectivity index (χ1n) is 6.77. The monoisotopic (exact) mass is 284 g/mol. The van der Waals surface area contributed by atoms with Gasteiger partial charge in [-0.2, -0.15) is 0 Å². The van der Waals surface area contributed by atoms with E-state index in [0.717, 1.165) is 15.9 Å². The molecule has 0 atom stereocenters. The fraction of sp³-hybridized carbons (Fsp3) is 0.176. The van der Waals surface area contributed by atoms with Crippen molar-refractivity contribution in [3.63, 3.8) is 0 Å². The first-order valence-corrected chi connectivity index (χ1v) is 6.77. The highest BCUT2D eigenvalue weighted by atomic mass is 16.5. The Labute approximate surface area is 123 Å². The Bertz CT molecular complexity index is 643. The second-order valence-corrected chi connectivity index (χ2v) is 4.65. The molecule has 2 aromatic carbocycles. The molecule has 0 amide bonds. The van der Waals surface area contributed by atoms with Gasteiger partial charge in [0.15, 0.2) is 0 Å². The Balaban J connectivity index is 2.17. The van der Waals surface area contributed by atoms with Crippen LogP contribution >= 0.6 is 0 Å². The number of hydrogen-bond acceptors (Lipinski definition) is 3. The molecule has 0 bridgehead atoms. The number of ether oxygens (including phenoxy) is 1. The number of hydrogen-bond donors (Lipinski definition) is 1. The summed E-state index contributed by atoms with van der Waals surface area (Å²) in [6, 6.07) is 14.4. The van der Waals surface area contributed by atoms with Crippen LogP contribution in [0.5, 0.6) is 0 Å². The van der Waals surface area contributed by atoms with E-state index in [-0.39, 0.29) is 5.97 Å². The minimum Gasteiger partial charge on any atom is -0.462 e. The minimum absolute atomic E-state index is 0.341. The van der Waals surface area contributed by atoms with Crippen LogP contribution in [-0.2, 0) is 4.74 Å². The summed E-state index contributed by atoms with van der Waals surface area (Å²) in [5.74, 6) is -0.365. The van der Waals surface area contributed by atoms with Gasteiger partial charge in [0.1, 0.15) is 0 Å². The van der Waals surface area contributed by atoms with Crippen LogP contribution in [0.1, 0.15) is 28.4 Å². The lowest BCUT2D eigenvalue weighted by Gasteiger charge is -2.00. The fourth-order valence-corrected chi connectivity index (χ4v) is 1.83. The second-order valence-electron chi connectivity index (χ2n) is 4.65. The van der Waals surface area contributed by atoms with Crippen LogP contribution in [0, 0.1) is 6.92 Å². The smallest absolute Gasteiger partial charge is 0.338 e. The van der Waals surface area contributed by atoms with Crippen molar-refractivity contribution in [2.24, 2.45) is 0 Å². The van der Waals surface area contributed by atoms with Gasteiger partial charge in [-0.1, -0.05) is 17.7 Å². The Hall–Kier alpha value is -2.62. The van der Waals surface area contributed by atoms with E-state index in [0.29, 0.717) is 17.9 Å². The summed E-state index contributed by atoms with van der Waals surface area (Å²) in [5.41, 5.74) is 3.08. The molecule has 0 aliphatic heterocycles. The maximum atomic E-state index is 11.5. The molecule has 2 rings (SSSR count). The number of carbonyl (C=O) groups is 1. The van der Waals surface area contributed by atoms with Gasteiger partial charge in [0.25, 0.3) is 5.69 Å². The highest BCUT2D eigenvalue weighted by Gasteiger charge is 2.11. The summed E-state index contributed by atoms with van der Waals surface area (Å²) in [6.07, 6.45) is 1.61. The zero-order chi connectivity index (χ0) is 15.2. The van der Waals surface area contributed by atoms with E-state index < -0.39 is 0 Å². The molecule has 1 N–H and O–H groups in total. The van der Waals surface area contributed by atoms with Gasteiger partial charge in [-0.15, -0.1) is 0 Å². The van der Waals surface area contributed by atoms with E-state index in [2.05, 4.69) is 0 Å². The third kappa shape index (κ3) is 3.92. The predicted molar refractivity (Wildman–Crippen MR) is 80.5 cm³/mol. The molecule has 21 heavy (non-hydrogen) atoms. The zero-order valence-corrected chi connectivity index (χ0v) is 12.1. The fourth-order valence-electron chi connectivity index (χ4n) is 1.83. The summed E-state index contributed by atoms with van der Waals surface area (Å²) in [4.78, 5) is 11.5. The lowest BCUT2D eigenvalue weighted by Crippen LogP contribution is -2.05. The lowest BCUT2D eigenvalue weighted by atomic mass is 10.2. The molecule has 0 aromatic heterocycles. The van der Waals surface area contributed by atoms with Crippen LogP contribution in [-0.4, -0.2) is 28.7 Å². The van der Waals surface area contributed by atoms with E-state index >= 15 is 0 Å². The Morgan fingerprint density at radius 2 is 1.76 bits per heavy atom. The third-order valence-electron chi connectivity index (χ3n) is 2.99. The molecule has 0 aliphatic carbocycles. The molecule has 0 spiro atoms. The largest absolute Gasteiger partial charge is 0.462 e. The van der Waals surface area contributed by atoms with Gasteiger partial charge in [-0.25, -0.2) is 4.79 Å². The standard InChI is InChI=1S/C17H18NO3/c1-3-21-17(19)15-8-10-16(11-9-15)18(20)12-14-6-4-13(2)5-7-14/h4-12,20H,3H2,1-2H3/q+1/b18-12-. The van der Waals surface area contributed by atoms with Crippen molar-refractivity contribution in [1.29, 1.82) is 0 Å². The van der Waals surface area contributed by atoms with E-state index in [4.69, 9.17) is 4.74 Å². The van der Waals surface area contributed by atoms with Gasteiger partial charge in [0.2, 0.25) is 6.21 Å². The van der Waals surface area contributed by atoms with Crippen LogP contribution in [0.3, 0.4) is 0 Å². The zero-order valence-electron chi connectivity index (χ0n) is 12.1. The lowest BCUT2D eigenvalue weighted by molar-refractivity contribution is -0.709. The highest BCUT2D eigenvalue weighted by molar-refractivity contribution is 5.89. The van der Waals surface area contributed by atoms with Crippen molar-refractivity contribution < 1.29 is 19.5 Å². The van der Waals surface area contributed by atoms with Gasteiger partial charge in [-0.3, -0.25) is 5.21 Å². The van der Waals surface area contributed by atoms with E-state index in [1.807, 2.05) is 31.2 Å². The molecule has 0 fully saturated rings. The SMILES string of the molecule is CCOC(=O)c1ccc(/[N+](O)=C/c2ccc(C)cc2)cc1. The highest BCUT2D eigenvalue weighted by Crippen LogP contribution is 2.13. The summed E-state index contributed by atoms with van der Waals surface area (Å²) >= 11 is 0. The summed E-state index contributed by atoms with van der Waals surface area (Å²) < 4.78 is 5.94. The van der Waals surface area contributed by atoms with Crippen molar-refractivity contribution in [3.05, 3.63) is 65.2 Å². The predicted octanol–water partition coefficient (Wildman–Crippen LogP) is 3.32. The second kappa shape index (κ2) is 6.70. The Morgan fingerprint density at radius 3 is 2.33 bits per heavy atom. The van der Waals surface area contributed by atoms with Crippen LogP contribution in [0.4, 0.5) is 5.69 Å². The average Bonchev–Trinajstić information content (AvgIpc) is 2.50. The molecule has 108 valence electrons. The van der Waals surface area contributed by atoms with Gasteiger partial charge in [-0.05, 0) is 38.1 Å². The van der Waals surface area contributed by atoms with Crippen LogP contribution in [0.15, 0.2) is 48.5 Å². The molecule has 0 radical (unpaired) electrons. The van der Waals surface area contributed by atoms with Crippen LogP contribution < -0.4 is 0 Å². The van der Waals surface area contributed by atoms with Gasteiger partial charge < -0.3 is 4.74 Å². The van der Waals surface area contributed by atoms with Crippen molar-refractivity contribution in [3.8, 4) is 0 Å². The van der Waals surface area contributed by atoms with Gasteiger partial charge in [0, 0.05) is 22.4 Å². The third-order valence-corrected chi connectivity index (χ3v) is 2.99. The van der Waals surface area contributed by atoms with E-state index in [1.165, 1.54) is 0 Å². The molecule has 0 aliphatic rings. The van der Waals surface area contributed by atoms with Crippen molar-refractivity contribution >= 4 is 17.9 Å². The molecule has 0 saturated heterocycles. The average molecular weight is 284 g/mol. The first-order chi connectivity index (χ1) is 10.1. The van der Waals surface area contributed by atoms with E-state index in [9.17, 15) is 10.0 Å². The van der Waals surface area contributed by atoms with Gasteiger partial charge in [0.05, 0.1) is 12.2 Å².